The van der Waals surface area contributed by atoms with Gasteiger partial charge in [-0.1, -0.05) is 58.0 Å². The molecule has 1 heterocycles. The van der Waals surface area contributed by atoms with Crippen LogP contribution in [0.1, 0.15) is 87.5 Å². The number of carbonyl (C=O) groups excluding carboxylic acids is 2. The predicted molar refractivity (Wildman–Crippen MR) is 145 cm³/mol. The molecule has 3 aromatic rings. The van der Waals surface area contributed by atoms with Crippen molar-refractivity contribution >= 4 is 23.3 Å². The monoisotopic (exact) mass is 487 g/mol. The molecule has 0 radical (unpaired) electrons. The molecule has 0 bridgehead atoms. The minimum absolute atomic E-state index is 0.0138. The average Bonchev–Trinajstić information content (AvgIpc) is 3.15. The maximum atomic E-state index is 12.9. The molecule has 36 heavy (non-hydrogen) atoms. The number of nitrogens with zero attached hydrogens (tertiary/aromatic N) is 2. The predicted octanol–water partition coefficient (Wildman–Crippen LogP) is 5.34. The maximum absolute atomic E-state index is 12.9. The fraction of sp³-hybridized carbons (Fsp3) is 0.414. The van der Waals surface area contributed by atoms with E-state index in [4.69, 9.17) is 11.5 Å². The molecule has 0 atom stereocenters. The number of primary amides is 1. The van der Waals surface area contributed by atoms with Crippen molar-refractivity contribution in [3.8, 4) is 11.3 Å². The fourth-order valence-electron chi connectivity index (χ4n) is 5.12. The summed E-state index contributed by atoms with van der Waals surface area (Å²) in [5.41, 5.74) is 17.7. The van der Waals surface area contributed by atoms with Crippen molar-refractivity contribution in [1.82, 2.24) is 9.78 Å². The summed E-state index contributed by atoms with van der Waals surface area (Å²) in [6.07, 6.45) is 2.51. The Bertz CT molecular complexity index is 1320. The molecule has 190 valence electrons. The summed E-state index contributed by atoms with van der Waals surface area (Å²) < 4.78 is 1.60. The first-order valence-electron chi connectivity index (χ1n) is 12.5. The van der Waals surface area contributed by atoms with Gasteiger partial charge in [0.05, 0.1) is 6.42 Å². The summed E-state index contributed by atoms with van der Waals surface area (Å²) >= 11 is 0. The lowest BCUT2D eigenvalue weighted by Crippen LogP contribution is -2.33. The van der Waals surface area contributed by atoms with Crippen LogP contribution in [0.25, 0.3) is 11.3 Å². The van der Waals surface area contributed by atoms with Gasteiger partial charge in [0.15, 0.2) is 0 Å². The average molecular weight is 488 g/mol. The molecule has 5 N–H and O–H groups in total. The normalized spacial score (nSPS) is 16.0. The van der Waals surface area contributed by atoms with E-state index < -0.39 is 5.91 Å². The second-order valence-electron chi connectivity index (χ2n) is 11.5. The van der Waals surface area contributed by atoms with Crippen LogP contribution in [0.4, 0.5) is 11.5 Å². The van der Waals surface area contributed by atoms with E-state index in [1.54, 1.807) is 4.68 Å². The Hall–Kier alpha value is -3.61. The molecule has 0 aliphatic heterocycles. The van der Waals surface area contributed by atoms with Crippen LogP contribution in [0.5, 0.6) is 0 Å². The number of nitrogens with two attached hydrogens (primary N) is 2. The second kappa shape index (κ2) is 9.12. The smallest absolute Gasteiger partial charge is 0.254 e. The molecule has 2 aromatic carbocycles. The van der Waals surface area contributed by atoms with E-state index in [0.29, 0.717) is 5.69 Å². The summed E-state index contributed by atoms with van der Waals surface area (Å²) in [6, 6.07) is 13.7. The molecule has 0 unspecified atom stereocenters. The highest BCUT2D eigenvalue weighted by atomic mass is 16.2. The Balaban J connectivity index is 1.51. The van der Waals surface area contributed by atoms with Gasteiger partial charge in [-0.05, 0) is 66.3 Å². The van der Waals surface area contributed by atoms with Gasteiger partial charge in [0.2, 0.25) is 5.91 Å². The van der Waals surface area contributed by atoms with Crippen LogP contribution in [0, 0.1) is 0 Å². The molecule has 4 rings (SSSR count). The minimum Gasteiger partial charge on any atom is -0.383 e. The van der Waals surface area contributed by atoms with Crippen molar-refractivity contribution in [2.45, 2.75) is 77.7 Å². The summed E-state index contributed by atoms with van der Waals surface area (Å²) in [6.45, 7) is 13.0. The van der Waals surface area contributed by atoms with Crippen molar-refractivity contribution in [1.29, 1.82) is 0 Å². The number of benzene rings is 2. The van der Waals surface area contributed by atoms with Crippen molar-refractivity contribution in [2.24, 2.45) is 5.73 Å². The Morgan fingerprint density at radius 3 is 2.19 bits per heavy atom. The van der Waals surface area contributed by atoms with E-state index >= 15 is 0 Å². The highest BCUT2D eigenvalue weighted by Crippen LogP contribution is 2.46. The topological polar surface area (TPSA) is 116 Å². The number of anilines is 2. The van der Waals surface area contributed by atoms with E-state index in [2.05, 4.69) is 50.2 Å². The highest BCUT2D eigenvalue weighted by Gasteiger charge is 2.37. The number of aromatic nitrogens is 2. The Kier molecular flexibility index (Phi) is 6.45. The molecule has 1 aromatic heterocycles. The SMILES string of the molecule is CC(C)n1nc(-c2ccc(CC(=O)Nc3ccc4c(c3)C(C)(C)CCC4(C)C)cc2)c(C(N)=O)c1N. The molecule has 0 saturated heterocycles. The molecule has 0 spiro atoms. The molecule has 2 amide bonds. The lowest BCUT2D eigenvalue weighted by Gasteiger charge is -2.42. The molecule has 1 aliphatic carbocycles. The van der Waals surface area contributed by atoms with E-state index in [-0.39, 0.29) is 40.6 Å². The summed E-state index contributed by atoms with van der Waals surface area (Å²) in [5.74, 6) is -0.441. The second-order valence-corrected chi connectivity index (χ2v) is 11.5. The van der Waals surface area contributed by atoms with E-state index in [9.17, 15) is 9.59 Å². The van der Waals surface area contributed by atoms with Crippen LogP contribution in [-0.4, -0.2) is 21.6 Å². The first-order chi connectivity index (χ1) is 16.8. The first-order valence-corrected chi connectivity index (χ1v) is 12.5. The molecule has 7 nitrogen and oxygen atoms in total. The zero-order valence-corrected chi connectivity index (χ0v) is 22.1. The van der Waals surface area contributed by atoms with Gasteiger partial charge in [0, 0.05) is 17.3 Å². The summed E-state index contributed by atoms with van der Waals surface area (Å²) in [7, 11) is 0. The van der Waals surface area contributed by atoms with Crippen LogP contribution in [-0.2, 0) is 22.0 Å². The van der Waals surface area contributed by atoms with Crippen molar-refractivity contribution in [2.75, 3.05) is 11.1 Å². The number of carbonyl (C=O) groups is 2. The standard InChI is InChI=1S/C29H37N5O2/c1-17(2)34-26(30)24(27(31)36)25(33-34)19-9-7-18(8-10-19)15-23(35)32-20-11-12-21-22(16-20)29(5,6)14-13-28(21,3)4/h7-12,16-17H,13-15,30H2,1-6H3,(H2,31,36)(H,32,35). The Labute approximate surface area is 213 Å². The first kappa shape index (κ1) is 25.5. The minimum atomic E-state index is -0.616. The van der Waals surface area contributed by atoms with Gasteiger partial charge in [-0.15, -0.1) is 0 Å². The van der Waals surface area contributed by atoms with Crippen molar-refractivity contribution in [3.05, 3.63) is 64.7 Å². The fourth-order valence-corrected chi connectivity index (χ4v) is 5.12. The van der Waals surface area contributed by atoms with Gasteiger partial charge in [-0.25, -0.2) is 4.68 Å². The summed E-state index contributed by atoms with van der Waals surface area (Å²) in [4.78, 5) is 24.9. The van der Waals surface area contributed by atoms with Gasteiger partial charge >= 0.3 is 0 Å². The van der Waals surface area contributed by atoms with Gasteiger partial charge in [0.25, 0.3) is 5.91 Å². The van der Waals surface area contributed by atoms with Gasteiger partial charge in [0.1, 0.15) is 17.1 Å². The number of rotatable bonds is 6. The zero-order valence-electron chi connectivity index (χ0n) is 22.1. The third-order valence-electron chi connectivity index (χ3n) is 7.41. The largest absolute Gasteiger partial charge is 0.383 e. The molecule has 7 heteroatoms. The van der Waals surface area contributed by atoms with E-state index in [0.717, 1.165) is 29.7 Å². The lowest BCUT2D eigenvalue weighted by atomic mass is 9.63. The molecule has 0 fully saturated rings. The van der Waals surface area contributed by atoms with Crippen LogP contribution in [0.3, 0.4) is 0 Å². The van der Waals surface area contributed by atoms with Crippen molar-refractivity contribution in [3.63, 3.8) is 0 Å². The number of hydrogen-bond acceptors (Lipinski definition) is 4. The lowest BCUT2D eigenvalue weighted by molar-refractivity contribution is -0.115. The molecule has 1 aliphatic rings. The molecular formula is C29H37N5O2. The van der Waals surface area contributed by atoms with Crippen LogP contribution in [0.15, 0.2) is 42.5 Å². The number of hydrogen-bond donors (Lipinski definition) is 3. The maximum Gasteiger partial charge on any atom is 0.254 e. The Morgan fingerprint density at radius 2 is 1.61 bits per heavy atom. The van der Waals surface area contributed by atoms with Crippen LogP contribution < -0.4 is 16.8 Å². The number of amides is 2. The highest BCUT2D eigenvalue weighted by molar-refractivity contribution is 6.03. The van der Waals surface area contributed by atoms with Crippen LogP contribution >= 0.6 is 0 Å². The van der Waals surface area contributed by atoms with Crippen molar-refractivity contribution < 1.29 is 9.59 Å². The Morgan fingerprint density at radius 1 is 1.00 bits per heavy atom. The van der Waals surface area contributed by atoms with Gasteiger partial charge in [-0.2, -0.15) is 5.10 Å². The number of nitrogen functional groups attached to an aromatic ring is 1. The quantitative estimate of drug-likeness (QED) is 0.435. The molecular weight excluding hydrogens is 450 g/mol. The molecule has 0 saturated carbocycles. The van der Waals surface area contributed by atoms with Gasteiger partial charge in [-0.3, -0.25) is 9.59 Å². The summed E-state index contributed by atoms with van der Waals surface area (Å²) in [5, 5.41) is 7.58. The van der Waals surface area contributed by atoms with E-state index in [1.807, 2.05) is 44.2 Å². The zero-order chi connectivity index (χ0) is 26.4. The third kappa shape index (κ3) is 4.74. The van der Waals surface area contributed by atoms with E-state index in [1.165, 1.54) is 11.1 Å². The van der Waals surface area contributed by atoms with Gasteiger partial charge < -0.3 is 16.8 Å². The third-order valence-corrected chi connectivity index (χ3v) is 7.41. The number of fused-ring (bicyclic) bond motifs is 1. The van der Waals surface area contributed by atoms with Crippen LogP contribution in [0.2, 0.25) is 0 Å². The number of nitrogens with one attached hydrogen (secondary N) is 1.